The number of likely N-dealkylation sites (N-methyl/N-ethyl adjacent to an activating group) is 1. The Bertz CT molecular complexity index is 312. The molecule has 0 saturated carbocycles. The number of nitrogens with two attached hydrogens (primary N) is 1. The smallest absolute Gasteiger partial charge is 0.140 e. The van der Waals surface area contributed by atoms with Gasteiger partial charge in [0.1, 0.15) is 6.29 Å². The minimum Gasteiger partial charge on any atom is -0.333 e. The summed E-state index contributed by atoms with van der Waals surface area (Å²) >= 11 is 0. The molecule has 0 aromatic heterocycles. The average molecular weight is 236 g/mol. The van der Waals surface area contributed by atoms with Crippen LogP contribution >= 0.6 is 0 Å². The van der Waals surface area contributed by atoms with E-state index in [-0.39, 0.29) is 5.54 Å². The SMILES string of the molecule is CC.CN.CNC1(C=O)Cc2ccccc2C1. The molecule has 3 nitrogen and oxygen atoms in total. The Morgan fingerprint density at radius 3 is 1.88 bits per heavy atom. The van der Waals surface area contributed by atoms with Crippen LogP contribution in [-0.2, 0) is 17.6 Å². The van der Waals surface area contributed by atoms with Crippen LogP contribution in [0.3, 0.4) is 0 Å². The highest BCUT2D eigenvalue weighted by atomic mass is 16.1. The molecule has 1 aliphatic rings. The van der Waals surface area contributed by atoms with Gasteiger partial charge in [0, 0.05) is 0 Å². The number of hydrogen-bond donors (Lipinski definition) is 2. The van der Waals surface area contributed by atoms with Crippen molar-refractivity contribution in [2.45, 2.75) is 32.2 Å². The maximum Gasteiger partial charge on any atom is 0.140 e. The van der Waals surface area contributed by atoms with Gasteiger partial charge in [0.05, 0.1) is 5.54 Å². The molecule has 0 atom stereocenters. The minimum absolute atomic E-state index is 0.344. The molecule has 0 amide bonds. The van der Waals surface area contributed by atoms with Crippen LogP contribution in [0.25, 0.3) is 0 Å². The first-order chi connectivity index (χ1) is 8.29. The summed E-state index contributed by atoms with van der Waals surface area (Å²) in [7, 11) is 3.35. The monoisotopic (exact) mass is 236 g/mol. The van der Waals surface area contributed by atoms with Gasteiger partial charge in [-0.25, -0.2) is 0 Å². The Morgan fingerprint density at radius 1 is 1.18 bits per heavy atom. The third kappa shape index (κ3) is 3.65. The van der Waals surface area contributed by atoms with Gasteiger partial charge in [-0.3, -0.25) is 0 Å². The summed E-state index contributed by atoms with van der Waals surface area (Å²) in [4.78, 5) is 11.0. The van der Waals surface area contributed by atoms with Crippen molar-refractivity contribution in [2.75, 3.05) is 14.1 Å². The Balaban J connectivity index is 0.000000581. The van der Waals surface area contributed by atoms with Crippen molar-refractivity contribution in [1.82, 2.24) is 5.32 Å². The van der Waals surface area contributed by atoms with Crippen molar-refractivity contribution in [2.24, 2.45) is 5.73 Å². The van der Waals surface area contributed by atoms with Crippen LogP contribution in [0, 0.1) is 0 Å². The zero-order valence-corrected chi connectivity index (χ0v) is 11.3. The van der Waals surface area contributed by atoms with Crippen LogP contribution in [0.4, 0.5) is 0 Å². The quantitative estimate of drug-likeness (QED) is 0.766. The predicted molar refractivity (Wildman–Crippen MR) is 73.2 cm³/mol. The molecule has 3 N–H and O–H groups in total. The predicted octanol–water partition coefficient (Wildman–Crippen LogP) is 1.54. The van der Waals surface area contributed by atoms with E-state index >= 15 is 0 Å². The molecule has 0 unspecified atom stereocenters. The fourth-order valence-corrected chi connectivity index (χ4v) is 1.96. The summed E-state index contributed by atoms with van der Waals surface area (Å²) in [6, 6.07) is 8.24. The Labute approximate surface area is 104 Å². The first kappa shape index (κ1) is 15.8. The highest BCUT2D eigenvalue weighted by Gasteiger charge is 2.35. The van der Waals surface area contributed by atoms with E-state index in [1.165, 1.54) is 18.2 Å². The molecule has 1 aliphatic carbocycles. The summed E-state index contributed by atoms with van der Waals surface area (Å²) in [5, 5.41) is 3.11. The number of fused-ring (bicyclic) bond motifs is 1. The van der Waals surface area contributed by atoms with Crippen molar-refractivity contribution < 1.29 is 4.79 Å². The molecule has 1 aromatic carbocycles. The van der Waals surface area contributed by atoms with Crippen molar-refractivity contribution in [3.8, 4) is 0 Å². The molecule has 3 heteroatoms. The fraction of sp³-hybridized carbons (Fsp3) is 0.500. The van der Waals surface area contributed by atoms with Gasteiger partial charge in [0.2, 0.25) is 0 Å². The number of aldehydes is 1. The highest BCUT2D eigenvalue weighted by molar-refractivity contribution is 5.68. The van der Waals surface area contributed by atoms with E-state index in [0.29, 0.717) is 0 Å². The molecule has 0 saturated heterocycles. The zero-order chi connectivity index (χ0) is 13.3. The lowest BCUT2D eigenvalue weighted by atomic mass is 9.98. The van der Waals surface area contributed by atoms with Gasteiger partial charge in [-0.2, -0.15) is 0 Å². The van der Waals surface area contributed by atoms with E-state index in [2.05, 4.69) is 23.2 Å². The van der Waals surface area contributed by atoms with Gasteiger partial charge < -0.3 is 15.8 Å². The van der Waals surface area contributed by atoms with Crippen LogP contribution in [0.5, 0.6) is 0 Å². The van der Waals surface area contributed by atoms with Crippen LogP contribution in [0.2, 0.25) is 0 Å². The number of nitrogens with one attached hydrogen (secondary N) is 1. The maximum atomic E-state index is 11.0. The molecule has 0 spiro atoms. The molecule has 96 valence electrons. The number of benzene rings is 1. The molecule has 0 heterocycles. The number of carbonyl (C=O) groups excluding carboxylic acids is 1. The lowest BCUT2D eigenvalue weighted by Crippen LogP contribution is -2.45. The molecule has 2 rings (SSSR count). The van der Waals surface area contributed by atoms with E-state index < -0.39 is 0 Å². The summed E-state index contributed by atoms with van der Waals surface area (Å²) in [5.74, 6) is 0. The number of hydrogen-bond acceptors (Lipinski definition) is 3. The molecule has 0 aliphatic heterocycles. The second kappa shape index (κ2) is 7.98. The van der Waals surface area contributed by atoms with Gasteiger partial charge in [0.15, 0.2) is 0 Å². The van der Waals surface area contributed by atoms with E-state index in [9.17, 15) is 4.79 Å². The van der Waals surface area contributed by atoms with Crippen LogP contribution in [0.1, 0.15) is 25.0 Å². The summed E-state index contributed by atoms with van der Waals surface area (Å²) in [6.07, 6.45) is 2.68. The molecule has 0 fully saturated rings. The first-order valence-electron chi connectivity index (χ1n) is 6.09. The molecular weight excluding hydrogens is 212 g/mol. The number of rotatable bonds is 2. The van der Waals surface area contributed by atoms with Crippen LogP contribution < -0.4 is 11.1 Å². The van der Waals surface area contributed by atoms with Crippen LogP contribution in [-0.4, -0.2) is 25.9 Å². The van der Waals surface area contributed by atoms with E-state index in [4.69, 9.17) is 0 Å². The number of carbonyl (C=O) groups is 1. The normalized spacial score (nSPS) is 14.6. The largest absolute Gasteiger partial charge is 0.333 e. The third-order valence-corrected chi connectivity index (χ3v) is 2.85. The third-order valence-electron chi connectivity index (χ3n) is 2.85. The standard InChI is InChI=1S/C11H13NO.C2H6.CH5N/c1-12-11(8-13)6-9-4-2-3-5-10(9)7-11;2*1-2/h2-5,8,12H,6-7H2,1H3;1-2H3;2H2,1H3. The van der Waals surface area contributed by atoms with Crippen LogP contribution in [0.15, 0.2) is 24.3 Å². The first-order valence-corrected chi connectivity index (χ1v) is 6.09. The van der Waals surface area contributed by atoms with Crippen molar-refractivity contribution >= 4 is 6.29 Å². The average Bonchev–Trinajstić information content (AvgIpc) is 2.82. The van der Waals surface area contributed by atoms with E-state index in [0.717, 1.165) is 19.1 Å². The zero-order valence-electron chi connectivity index (χ0n) is 11.3. The molecule has 17 heavy (non-hydrogen) atoms. The lowest BCUT2D eigenvalue weighted by molar-refractivity contribution is -0.112. The highest BCUT2D eigenvalue weighted by Crippen LogP contribution is 2.28. The Morgan fingerprint density at radius 2 is 1.59 bits per heavy atom. The van der Waals surface area contributed by atoms with Crippen molar-refractivity contribution in [3.05, 3.63) is 35.4 Å². The minimum atomic E-state index is -0.344. The topological polar surface area (TPSA) is 55.1 Å². The van der Waals surface area contributed by atoms with Gasteiger partial charge in [-0.1, -0.05) is 38.1 Å². The van der Waals surface area contributed by atoms with Crippen molar-refractivity contribution in [1.29, 1.82) is 0 Å². The molecular formula is C14H24N2O. The van der Waals surface area contributed by atoms with E-state index in [1.54, 1.807) is 0 Å². The van der Waals surface area contributed by atoms with Gasteiger partial charge in [0.25, 0.3) is 0 Å². The molecule has 1 aromatic rings. The summed E-state index contributed by atoms with van der Waals surface area (Å²) < 4.78 is 0. The second-order valence-corrected chi connectivity index (χ2v) is 3.65. The Kier molecular flexibility index (Phi) is 7.42. The van der Waals surface area contributed by atoms with Gasteiger partial charge >= 0.3 is 0 Å². The molecule has 0 bridgehead atoms. The van der Waals surface area contributed by atoms with E-state index in [1.807, 2.05) is 33.0 Å². The summed E-state index contributed by atoms with van der Waals surface area (Å²) in [5.41, 5.74) is 6.75. The van der Waals surface area contributed by atoms with Gasteiger partial charge in [-0.05, 0) is 38.1 Å². The summed E-state index contributed by atoms with van der Waals surface area (Å²) in [6.45, 7) is 4.00. The van der Waals surface area contributed by atoms with Gasteiger partial charge in [-0.15, -0.1) is 0 Å². The fourth-order valence-electron chi connectivity index (χ4n) is 1.96. The maximum absolute atomic E-state index is 11.0. The molecule has 0 radical (unpaired) electrons. The second-order valence-electron chi connectivity index (χ2n) is 3.65. The Hall–Kier alpha value is -1.19. The van der Waals surface area contributed by atoms with Crippen molar-refractivity contribution in [3.63, 3.8) is 0 Å². The lowest BCUT2D eigenvalue weighted by Gasteiger charge is -2.20.